The van der Waals surface area contributed by atoms with Gasteiger partial charge in [0.25, 0.3) is 0 Å². The first-order valence-corrected chi connectivity index (χ1v) is 9.93. The summed E-state index contributed by atoms with van der Waals surface area (Å²) in [7, 11) is 0. The highest BCUT2D eigenvalue weighted by atomic mass is 127. The van der Waals surface area contributed by atoms with E-state index >= 15 is 0 Å². The SMILES string of the molecule is CC/C=C(I)\C=C1/CC2CCC(c3ccccc3)=CC2C1(C)C. The molecule has 0 spiro atoms. The lowest BCUT2D eigenvalue weighted by Gasteiger charge is -2.33. The molecule has 0 radical (unpaired) electrons. The van der Waals surface area contributed by atoms with E-state index in [1.165, 1.54) is 28.4 Å². The molecule has 0 saturated heterocycles. The highest BCUT2D eigenvalue weighted by molar-refractivity contribution is 14.1. The van der Waals surface area contributed by atoms with Gasteiger partial charge in [0.1, 0.15) is 0 Å². The summed E-state index contributed by atoms with van der Waals surface area (Å²) in [5.74, 6) is 1.51. The van der Waals surface area contributed by atoms with Crippen LogP contribution < -0.4 is 0 Å². The molecule has 1 aromatic carbocycles. The summed E-state index contributed by atoms with van der Waals surface area (Å²) in [4.78, 5) is 0. The van der Waals surface area contributed by atoms with Crippen molar-refractivity contribution in [2.75, 3.05) is 0 Å². The van der Waals surface area contributed by atoms with Crippen molar-refractivity contribution in [2.24, 2.45) is 17.3 Å². The molecular formula is C22H27I. The standard InChI is InChI=1S/C22H27I/c1-4-8-20(23)15-19-13-18-12-11-17(14-21(18)22(19,2)3)16-9-6-5-7-10-16/h5-10,14-15,18,21H,4,11-13H2,1-3H3/b19-15+,20-8+. The Kier molecular flexibility index (Phi) is 5.15. The highest BCUT2D eigenvalue weighted by Crippen LogP contribution is 2.56. The van der Waals surface area contributed by atoms with Crippen molar-refractivity contribution in [2.45, 2.75) is 46.5 Å². The molecule has 1 aromatic rings. The number of benzene rings is 1. The maximum atomic E-state index is 2.60. The third kappa shape index (κ3) is 3.50. The molecule has 2 aliphatic carbocycles. The van der Waals surface area contributed by atoms with Gasteiger partial charge >= 0.3 is 0 Å². The molecule has 3 rings (SSSR count). The molecule has 2 atom stereocenters. The van der Waals surface area contributed by atoms with Crippen molar-refractivity contribution in [3.63, 3.8) is 0 Å². The molecule has 1 saturated carbocycles. The summed E-state index contributed by atoms with van der Waals surface area (Å²) in [6, 6.07) is 10.9. The normalized spacial score (nSPS) is 28.6. The first-order valence-electron chi connectivity index (χ1n) is 8.85. The van der Waals surface area contributed by atoms with Gasteiger partial charge in [0, 0.05) is 3.58 Å². The van der Waals surface area contributed by atoms with E-state index in [0.29, 0.717) is 5.92 Å². The lowest BCUT2D eigenvalue weighted by atomic mass is 9.71. The monoisotopic (exact) mass is 418 g/mol. The summed E-state index contributed by atoms with van der Waals surface area (Å²) in [6.45, 7) is 7.11. The molecule has 0 amide bonds. The van der Waals surface area contributed by atoms with Gasteiger partial charge in [0.05, 0.1) is 0 Å². The second kappa shape index (κ2) is 6.96. The van der Waals surface area contributed by atoms with Gasteiger partial charge in [-0.2, -0.15) is 0 Å². The van der Waals surface area contributed by atoms with Gasteiger partial charge in [-0.15, -0.1) is 0 Å². The van der Waals surface area contributed by atoms with Crippen molar-refractivity contribution in [3.05, 3.63) is 63.3 Å². The van der Waals surface area contributed by atoms with Crippen LogP contribution in [0.4, 0.5) is 0 Å². The maximum Gasteiger partial charge on any atom is 0.00896 e. The number of fused-ring (bicyclic) bond motifs is 1. The minimum atomic E-state index is 0.281. The second-order valence-corrected chi connectivity index (χ2v) is 8.72. The van der Waals surface area contributed by atoms with E-state index in [1.54, 1.807) is 11.1 Å². The van der Waals surface area contributed by atoms with E-state index in [2.05, 4.69) is 91.9 Å². The summed E-state index contributed by atoms with van der Waals surface area (Å²) in [6.07, 6.45) is 12.3. The quantitative estimate of drug-likeness (QED) is 0.456. The molecule has 122 valence electrons. The van der Waals surface area contributed by atoms with Crippen LogP contribution in [-0.2, 0) is 0 Å². The molecular weight excluding hydrogens is 391 g/mol. The Morgan fingerprint density at radius 3 is 2.70 bits per heavy atom. The first-order chi connectivity index (χ1) is 11.0. The lowest BCUT2D eigenvalue weighted by molar-refractivity contribution is 0.284. The topological polar surface area (TPSA) is 0 Å². The minimum absolute atomic E-state index is 0.281. The van der Waals surface area contributed by atoms with Crippen LogP contribution in [0.3, 0.4) is 0 Å². The Bertz CT molecular complexity index is 646. The van der Waals surface area contributed by atoms with Crippen LogP contribution in [0.2, 0.25) is 0 Å². The predicted molar refractivity (Wildman–Crippen MR) is 110 cm³/mol. The third-order valence-corrected chi connectivity index (χ3v) is 6.42. The molecule has 1 heteroatoms. The summed E-state index contributed by atoms with van der Waals surface area (Å²) >= 11 is 2.48. The molecule has 0 N–H and O–H groups in total. The second-order valence-electron chi connectivity index (χ2n) is 7.48. The van der Waals surface area contributed by atoms with Crippen molar-refractivity contribution < 1.29 is 0 Å². The van der Waals surface area contributed by atoms with Crippen LogP contribution in [0.25, 0.3) is 5.57 Å². The van der Waals surface area contributed by atoms with Crippen LogP contribution in [0.15, 0.2) is 57.7 Å². The Balaban J connectivity index is 1.91. The number of hydrogen-bond acceptors (Lipinski definition) is 0. The average Bonchev–Trinajstić information content (AvgIpc) is 2.79. The Morgan fingerprint density at radius 2 is 2.00 bits per heavy atom. The van der Waals surface area contributed by atoms with E-state index in [1.807, 2.05) is 0 Å². The first kappa shape index (κ1) is 17.0. The van der Waals surface area contributed by atoms with Gasteiger partial charge in [0.15, 0.2) is 0 Å². The van der Waals surface area contributed by atoms with E-state index in [0.717, 1.165) is 12.3 Å². The van der Waals surface area contributed by atoms with Crippen molar-refractivity contribution in [1.29, 1.82) is 0 Å². The van der Waals surface area contributed by atoms with Gasteiger partial charge in [-0.05, 0) is 82.7 Å². The number of halogens is 1. The molecule has 2 unspecified atom stereocenters. The molecule has 2 aliphatic rings. The molecule has 23 heavy (non-hydrogen) atoms. The zero-order valence-corrected chi connectivity index (χ0v) is 16.6. The Hall–Kier alpha value is -0.830. The van der Waals surface area contributed by atoms with Crippen LogP contribution in [0.5, 0.6) is 0 Å². The van der Waals surface area contributed by atoms with E-state index in [-0.39, 0.29) is 5.41 Å². The Labute approximate surface area is 154 Å². The number of allylic oxidation sites excluding steroid dienone is 6. The smallest absolute Gasteiger partial charge is 0.00896 e. The van der Waals surface area contributed by atoms with E-state index < -0.39 is 0 Å². The molecule has 0 bridgehead atoms. The fourth-order valence-corrected chi connectivity index (χ4v) is 5.12. The van der Waals surface area contributed by atoms with Crippen LogP contribution in [0, 0.1) is 17.3 Å². The zero-order chi connectivity index (χ0) is 16.4. The van der Waals surface area contributed by atoms with Crippen molar-refractivity contribution in [1.82, 2.24) is 0 Å². The van der Waals surface area contributed by atoms with Gasteiger partial charge in [0.2, 0.25) is 0 Å². The predicted octanol–water partition coefficient (Wildman–Crippen LogP) is 7.18. The highest BCUT2D eigenvalue weighted by Gasteiger charge is 2.45. The number of hydrogen-bond donors (Lipinski definition) is 0. The summed E-state index contributed by atoms with van der Waals surface area (Å²) in [5.41, 5.74) is 4.90. The van der Waals surface area contributed by atoms with Crippen LogP contribution in [-0.4, -0.2) is 0 Å². The van der Waals surface area contributed by atoms with Gasteiger partial charge in [-0.1, -0.05) is 68.8 Å². The van der Waals surface area contributed by atoms with Gasteiger partial charge in [-0.3, -0.25) is 0 Å². The van der Waals surface area contributed by atoms with Crippen molar-refractivity contribution >= 4 is 28.2 Å². The molecule has 0 aliphatic heterocycles. The molecule has 0 aromatic heterocycles. The van der Waals surface area contributed by atoms with Gasteiger partial charge in [-0.25, -0.2) is 0 Å². The van der Waals surface area contributed by atoms with Crippen LogP contribution in [0.1, 0.15) is 52.0 Å². The minimum Gasteiger partial charge on any atom is -0.0765 e. The van der Waals surface area contributed by atoms with E-state index in [9.17, 15) is 0 Å². The maximum absolute atomic E-state index is 2.60. The molecule has 1 fully saturated rings. The average molecular weight is 418 g/mol. The van der Waals surface area contributed by atoms with Crippen molar-refractivity contribution in [3.8, 4) is 0 Å². The zero-order valence-electron chi connectivity index (χ0n) is 14.5. The largest absolute Gasteiger partial charge is 0.0765 e. The molecule has 0 heterocycles. The Morgan fingerprint density at radius 1 is 1.26 bits per heavy atom. The van der Waals surface area contributed by atoms with Gasteiger partial charge < -0.3 is 0 Å². The fraction of sp³-hybridized carbons (Fsp3) is 0.455. The fourth-order valence-electron chi connectivity index (χ4n) is 4.30. The van der Waals surface area contributed by atoms with E-state index in [4.69, 9.17) is 0 Å². The van der Waals surface area contributed by atoms with Crippen LogP contribution >= 0.6 is 22.6 Å². The lowest BCUT2D eigenvalue weighted by Crippen LogP contribution is -2.24. The third-order valence-electron chi connectivity index (χ3n) is 5.67. The number of rotatable bonds is 3. The summed E-state index contributed by atoms with van der Waals surface area (Å²) in [5, 5.41) is 0. The molecule has 0 nitrogen and oxygen atoms in total. The summed E-state index contributed by atoms with van der Waals surface area (Å²) < 4.78 is 1.40.